The Morgan fingerprint density at radius 1 is 1.18 bits per heavy atom. The molecule has 0 aliphatic rings. The maximum atomic E-state index is 13.5. The standard InChI is InChI=1S/C23H18ClFN4O3S/c1-2-31-20-10-19-16(9-21(20)32-22(30)12-33-15-4-3-7-26-11-15)23(28-13-27-19)29-14-5-6-18(25)17(24)8-14/h3-11,13H,2,12H2,1H3,(H,27,28,29). The zero-order chi connectivity index (χ0) is 23.2. The number of carbonyl (C=O) groups excluding carboxylic acids is 1. The summed E-state index contributed by atoms with van der Waals surface area (Å²) in [7, 11) is 0. The van der Waals surface area contributed by atoms with Crippen LogP contribution in [0.4, 0.5) is 15.9 Å². The molecule has 0 radical (unpaired) electrons. The average molecular weight is 485 g/mol. The van der Waals surface area contributed by atoms with Crippen molar-refractivity contribution >= 4 is 51.7 Å². The van der Waals surface area contributed by atoms with Crippen molar-refractivity contribution in [2.24, 2.45) is 0 Å². The summed E-state index contributed by atoms with van der Waals surface area (Å²) in [5, 5.41) is 3.67. The van der Waals surface area contributed by atoms with E-state index in [2.05, 4.69) is 20.3 Å². The van der Waals surface area contributed by atoms with Gasteiger partial charge < -0.3 is 14.8 Å². The molecule has 0 atom stereocenters. The molecule has 1 N–H and O–H groups in total. The number of carbonyl (C=O) groups is 1. The molecule has 0 aliphatic carbocycles. The first-order chi connectivity index (χ1) is 16.0. The van der Waals surface area contributed by atoms with Gasteiger partial charge in [0.2, 0.25) is 0 Å². The second-order valence-corrected chi connectivity index (χ2v) is 8.13. The van der Waals surface area contributed by atoms with E-state index in [0.29, 0.717) is 34.8 Å². The lowest BCUT2D eigenvalue weighted by atomic mass is 10.2. The van der Waals surface area contributed by atoms with E-state index in [0.717, 1.165) is 4.90 Å². The van der Waals surface area contributed by atoms with Crippen LogP contribution in [0.5, 0.6) is 11.5 Å². The van der Waals surface area contributed by atoms with Crippen LogP contribution in [0.1, 0.15) is 6.92 Å². The molecule has 2 aromatic heterocycles. The second-order valence-electron chi connectivity index (χ2n) is 6.68. The number of hydrogen-bond acceptors (Lipinski definition) is 8. The van der Waals surface area contributed by atoms with Gasteiger partial charge in [0.1, 0.15) is 18.0 Å². The van der Waals surface area contributed by atoms with Gasteiger partial charge in [0.15, 0.2) is 11.5 Å². The van der Waals surface area contributed by atoms with Crippen molar-refractivity contribution in [2.75, 3.05) is 17.7 Å². The third-order valence-corrected chi connectivity index (χ3v) is 5.64. The van der Waals surface area contributed by atoms with Gasteiger partial charge in [0.05, 0.1) is 22.9 Å². The van der Waals surface area contributed by atoms with E-state index in [1.807, 2.05) is 13.0 Å². The maximum absolute atomic E-state index is 13.5. The summed E-state index contributed by atoms with van der Waals surface area (Å²) in [6.45, 7) is 2.21. The fourth-order valence-corrected chi connectivity index (χ4v) is 3.78. The van der Waals surface area contributed by atoms with Gasteiger partial charge in [-0.2, -0.15) is 0 Å². The minimum atomic E-state index is -0.519. The van der Waals surface area contributed by atoms with E-state index < -0.39 is 11.8 Å². The summed E-state index contributed by atoms with van der Waals surface area (Å²) in [6, 6.07) is 11.2. The van der Waals surface area contributed by atoms with Crippen LogP contribution in [0.15, 0.2) is 66.1 Å². The zero-order valence-corrected chi connectivity index (χ0v) is 19.0. The van der Waals surface area contributed by atoms with Crippen LogP contribution in [-0.4, -0.2) is 33.3 Å². The molecule has 7 nitrogen and oxygen atoms in total. The van der Waals surface area contributed by atoms with Crippen molar-refractivity contribution < 1.29 is 18.7 Å². The minimum absolute atomic E-state index is 0.0160. The summed E-state index contributed by atoms with van der Waals surface area (Å²) >= 11 is 7.20. The molecule has 0 amide bonds. The predicted molar refractivity (Wildman–Crippen MR) is 126 cm³/mol. The zero-order valence-electron chi connectivity index (χ0n) is 17.4. The summed E-state index contributed by atoms with van der Waals surface area (Å²) in [5.74, 6) is 0.207. The van der Waals surface area contributed by atoms with Crippen molar-refractivity contribution in [3.05, 3.63) is 72.0 Å². The Labute approximate surface area is 198 Å². The van der Waals surface area contributed by atoms with Crippen molar-refractivity contribution in [1.29, 1.82) is 0 Å². The highest BCUT2D eigenvalue weighted by Crippen LogP contribution is 2.35. The number of halogens is 2. The Morgan fingerprint density at radius 2 is 2.06 bits per heavy atom. The third kappa shape index (κ3) is 5.68. The molecule has 2 aromatic carbocycles. The second kappa shape index (κ2) is 10.5. The Bertz CT molecular complexity index is 1290. The lowest BCUT2D eigenvalue weighted by Crippen LogP contribution is -2.12. The number of rotatable bonds is 8. The molecule has 0 spiro atoms. The highest BCUT2D eigenvalue weighted by atomic mass is 35.5. The number of fused-ring (bicyclic) bond motifs is 1. The van der Waals surface area contributed by atoms with Gasteiger partial charge in [-0.15, -0.1) is 11.8 Å². The van der Waals surface area contributed by atoms with Crippen LogP contribution in [0.3, 0.4) is 0 Å². The summed E-state index contributed by atoms with van der Waals surface area (Å²) < 4.78 is 24.8. The number of hydrogen-bond donors (Lipinski definition) is 1. The first-order valence-corrected chi connectivity index (χ1v) is 11.3. The van der Waals surface area contributed by atoms with Crippen LogP contribution in [0.25, 0.3) is 10.9 Å². The molecule has 0 saturated carbocycles. The smallest absolute Gasteiger partial charge is 0.321 e. The molecule has 0 aliphatic heterocycles. The predicted octanol–water partition coefficient (Wildman–Crippen LogP) is 5.66. The Balaban J connectivity index is 1.61. The quantitative estimate of drug-likeness (QED) is 0.195. The van der Waals surface area contributed by atoms with Gasteiger partial charge in [-0.3, -0.25) is 9.78 Å². The SMILES string of the molecule is CCOc1cc2ncnc(Nc3ccc(F)c(Cl)c3)c2cc1OC(=O)CSc1cccnc1. The fourth-order valence-electron chi connectivity index (χ4n) is 2.95. The number of benzene rings is 2. The topological polar surface area (TPSA) is 86.2 Å². The largest absolute Gasteiger partial charge is 0.490 e. The van der Waals surface area contributed by atoms with Crippen molar-refractivity contribution in [1.82, 2.24) is 15.0 Å². The molecule has 0 unspecified atom stereocenters. The number of aromatic nitrogens is 3. The Kier molecular flexibility index (Phi) is 7.21. The van der Waals surface area contributed by atoms with Crippen molar-refractivity contribution in [3.8, 4) is 11.5 Å². The number of esters is 1. The van der Waals surface area contributed by atoms with Gasteiger partial charge in [-0.1, -0.05) is 11.6 Å². The van der Waals surface area contributed by atoms with Crippen LogP contribution in [0, 0.1) is 5.82 Å². The monoisotopic (exact) mass is 484 g/mol. The highest BCUT2D eigenvalue weighted by Gasteiger charge is 2.16. The number of anilines is 2. The number of nitrogens with zero attached hydrogens (tertiary/aromatic N) is 3. The van der Waals surface area contributed by atoms with Crippen molar-refractivity contribution in [2.45, 2.75) is 11.8 Å². The van der Waals surface area contributed by atoms with Gasteiger partial charge in [-0.25, -0.2) is 14.4 Å². The number of pyridine rings is 1. The molecule has 0 saturated heterocycles. The van der Waals surface area contributed by atoms with Gasteiger partial charge in [0.25, 0.3) is 0 Å². The van der Waals surface area contributed by atoms with Crippen LogP contribution >= 0.6 is 23.4 Å². The average Bonchev–Trinajstić information content (AvgIpc) is 2.82. The van der Waals surface area contributed by atoms with Crippen LogP contribution in [-0.2, 0) is 4.79 Å². The molecule has 4 aromatic rings. The number of thioether (sulfide) groups is 1. The Morgan fingerprint density at radius 3 is 2.82 bits per heavy atom. The minimum Gasteiger partial charge on any atom is -0.490 e. The molecular formula is C23H18ClFN4O3S. The fraction of sp³-hybridized carbons (Fsp3) is 0.130. The van der Waals surface area contributed by atoms with Gasteiger partial charge >= 0.3 is 5.97 Å². The van der Waals surface area contributed by atoms with Gasteiger partial charge in [-0.05, 0) is 43.3 Å². The molecule has 4 rings (SSSR count). The molecule has 0 bridgehead atoms. The molecule has 2 heterocycles. The first kappa shape index (κ1) is 22.8. The Hall–Kier alpha value is -3.43. The van der Waals surface area contributed by atoms with E-state index in [1.54, 1.807) is 36.7 Å². The van der Waals surface area contributed by atoms with Crippen molar-refractivity contribution in [3.63, 3.8) is 0 Å². The lowest BCUT2D eigenvalue weighted by Gasteiger charge is -2.14. The molecular weight excluding hydrogens is 467 g/mol. The van der Waals surface area contributed by atoms with Crippen LogP contribution < -0.4 is 14.8 Å². The van der Waals surface area contributed by atoms with E-state index in [1.165, 1.54) is 30.2 Å². The van der Waals surface area contributed by atoms with Gasteiger partial charge in [0, 0.05) is 34.4 Å². The number of ether oxygens (including phenoxy) is 2. The summed E-state index contributed by atoms with van der Waals surface area (Å²) in [6.07, 6.45) is 4.73. The third-order valence-electron chi connectivity index (χ3n) is 4.40. The summed E-state index contributed by atoms with van der Waals surface area (Å²) in [5.41, 5.74) is 1.12. The van der Waals surface area contributed by atoms with E-state index in [-0.39, 0.29) is 16.5 Å². The highest BCUT2D eigenvalue weighted by molar-refractivity contribution is 8.00. The molecule has 33 heavy (non-hydrogen) atoms. The molecule has 168 valence electrons. The first-order valence-electron chi connectivity index (χ1n) is 9.90. The van der Waals surface area contributed by atoms with E-state index in [4.69, 9.17) is 21.1 Å². The summed E-state index contributed by atoms with van der Waals surface area (Å²) in [4.78, 5) is 26.0. The van der Waals surface area contributed by atoms with Crippen LogP contribution in [0.2, 0.25) is 5.02 Å². The number of nitrogens with one attached hydrogen (secondary N) is 1. The van der Waals surface area contributed by atoms with E-state index in [9.17, 15) is 9.18 Å². The normalized spacial score (nSPS) is 10.8. The maximum Gasteiger partial charge on any atom is 0.321 e. The lowest BCUT2D eigenvalue weighted by molar-refractivity contribution is -0.131. The molecule has 10 heteroatoms. The molecule has 0 fully saturated rings. The van der Waals surface area contributed by atoms with E-state index >= 15 is 0 Å².